The summed E-state index contributed by atoms with van der Waals surface area (Å²) in [5.41, 5.74) is -0.481. The molecule has 2 heterocycles. The van der Waals surface area contributed by atoms with Crippen LogP contribution >= 0.6 is 0 Å². The lowest BCUT2D eigenvalue weighted by Crippen LogP contribution is -2.47. The number of hydrogen-bond acceptors (Lipinski definition) is 5. The van der Waals surface area contributed by atoms with Crippen LogP contribution in [-0.4, -0.2) is 49.6 Å². The number of rotatable bonds is 1. The van der Waals surface area contributed by atoms with Gasteiger partial charge in [-0.25, -0.2) is 4.79 Å². The van der Waals surface area contributed by atoms with Crippen molar-refractivity contribution in [2.24, 2.45) is 0 Å². The van der Waals surface area contributed by atoms with Gasteiger partial charge in [0.05, 0.1) is 18.8 Å². The predicted molar refractivity (Wildman–Crippen MR) is 57.1 cm³/mol. The Kier molecular flexibility index (Phi) is 3.19. The van der Waals surface area contributed by atoms with E-state index in [1.165, 1.54) is 0 Å². The molecule has 0 bridgehead atoms. The fourth-order valence-electron chi connectivity index (χ4n) is 1.89. The van der Waals surface area contributed by atoms with E-state index in [0.29, 0.717) is 0 Å². The Morgan fingerprint density at radius 2 is 2.00 bits per heavy atom. The zero-order valence-corrected chi connectivity index (χ0v) is 9.99. The molecular formula is C11H19NO4. The lowest BCUT2D eigenvalue weighted by molar-refractivity contribution is -0.200. The minimum Gasteiger partial charge on any atom is -0.458 e. The Balaban J connectivity index is 1.89. The van der Waals surface area contributed by atoms with E-state index in [-0.39, 0.29) is 24.8 Å². The van der Waals surface area contributed by atoms with Crippen LogP contribution in [0.4, 0.5) is 0 Å². The largest absolute Gasteiger partial charge is 0.458 e. The number of carbonyl (C=O) groups is 1. The quantitative estimate of drug-likeness (QED) is 0.645. The predicted octanol–water partition coefficient (Wildman–Crippen LogP) is 0.0839. The van der Waals surface area contributed by atoms with Crippen molar-refractivity contribution in [3.63, 3.8) is 0 Å². The number of ether oxygens (including phenoxy) is 3. The first kappa shape index (κ1) is 11.8. The average Bonchev–Trinajstić information content (AvgIpc) is 2.61. The Morgan fingerprint density at radius 1 is 1.31 bits per heavy atom. The summed E-state index contributed by atoms with van der Waals surface area (Å²) in [6, 6.07) is 0. The van der Waals surface area contributed by atoms with Crippen LogP contribution in [0.1, 0.15) is 20.8 Å². The van der Waals surface area contributed by atoms with Crippen LogP contribution in [0.3, 0.4) is 0 Å². The van der Waals surface area contributed by atoms with E-state index >= 15 is 0 Å². The molecule has 1 N–H and O–H groups in total. The normalized spacial score (nSPS) is 34.6. The molecule has 0 aromatic heterocycles. The average molecular weight is 229 g/mol. The summed E-state index contributed by atoms with van der Waals surface area (Å²) < 4.78 is 16.5. The molecule has 92 valence electrons. The molecule has 2 rings (SSSR count). The highest BCUT2D eigenvalue weighted by Gasteiger charge is 2.39. The third-order valence-electron chi connectivity index (χ3n) is 2.58. The first-order valence-corrected chi connectivity index (χ1v) is 5.66. The Hall–Kier alpha value is -0.650. The van der Waals surface area contributed by atoms with Gasteiger partial charge in [-0.05, 0) is 20.8 Å². The van der Waals surface area contributed by atoms with Gasteiger partial charge in [0.25, 0.3) is 0 Å². The van der Waals surface area contributed by atoms with E-state index in [4.69, 9.17) is 14.2 Å². The highest BCUT2D eigenvalue weighted by Crippen LogP contribution is 2.20. The van der Waals surface area contributed by atoms with Gasteiger partial charge in [0.15, 0.2) is 6.10 Å². The summed E-state index contributed by atoms with van der Waals surface area (Å²) in [6.45, 7) is 7.35. The van der Waals surface area contributed by atoms with E-state index in [1.807, 2.05) is 20.8 Å². The number of hydrogen-bond donors (Lipinski definition) is 1. The third-order valence-corrected chi connectivity index (χ3v) is 2.58. The van der Waals surface area contributed by atoms with Crippen molar-refractivity contribution in [3.8, 4) is 0 Å². The molecule has 2 aliphatic rings. The van der Waals surface area contributed by atoms with E-state index < -0.39 is 11.7 Å². The van der Waals surface area contributed by atoms with Crippen LogP contribution in [0.2, 0.25) is 0 Å². The van der Waals surface area contributed by atoms with Crippen molar-refractivity contribution >= 4 is 5.97 Å². The zero-order chi connectivity index (χ0) is 11.8. The van der Waals surface area contributed by atoms with Gasteiger partial charge in [0, 0.05) is 13.1 Å². The summed E-state index contributed by atoms with van der Waals surface area (Å²) in [5.74, 6) is -0.335. The van der Waals surface area contributed by atoms with Gasteiger partial charge < -0.3 is 19.5 Å². The second kappa shape index (κ2) is 4.31. The molecule has 0 aromatic rings. The van der Waals surface area contributed by atoms with Crippen LogP contribution in [0.5, 0.6) is 0 Å². The van der Waals surface area contributed by atoms with Crippen LogP contribution in [-0.2, 0) is 19.0 Å². The molecule has 5 nitrogen and oxygen atoms in total. The van der Waals surface area contributed by atoms with Crippen molar-refractivity contribution in [1.29, 1.82) is 0 Å². The van der Waals surface area contributed by atoms with Crippen LogP contribution in [0, 0.1) is 0 Å². The molecule has 2 fully saturated rings. The number of esters is 1. The third kappa shape index (κ3) is 2.72. The van der Waals surface area contributed by atoms with Gasteiger partial charge >= 0.3 is 5.97 Å². The molecule has 2 saturated heterocycles. The van der Waals surface area contributed by atoms with E-state index in [9.17, 15) is 4.79 Å². The zero-order valence-electron chi connectivity index (χ0n) is 9.99. The van der Waals surface area contributed by atoms with E-state index in [1.54, 1.807) is 0 Å². The van der Waals surface area contributed by atoms with Crippen molar-refractivity contribution in [1.82, 2.24) is 5.32 Å². The summed E-state index contributed by atoms with van der Waals surface area (Å²) in [7, 11) is 0. The minimum atomic E-state index is -0.583. The van der Waals surface area contributed by atoms with Crippen LogP contribution < -0.4 is 5.32 Å². The molecule has 0 amide bonds. The molecule has 16 heavy (non-hydrogen) atoms. The van der Waals surface area contributed by atoms with Gasteiger partial charge in [-0.1, -0.05) is 0 Å². The molecule has 0 radical (unpaired) electrons. The lowest BCUT2D eigenvalue weighted by Gasteiger charge is -2.32. The summed E-state index contributed by atoms with van der Waals surface area (Å²) in [5, 5.41) is 3.17. The molecule has 0 spiro atoms. The van der Waals surface area contributed by atoms with Gasteiger partial charge in [-0.15, -0.1) is 0 Å². The van der Waals surface area contributed by atoms with Gasteiger partial charge in [-0.2, -0.15) is 0 Å². The van der Waals surface area contributed by atoms with E-state index in [0.717, 1.165) is 13.1 Å². The highest BCUT2D eigenvalue weighted by atomic mass is 16.6. The smallest absolute Gasteiger partial charge is 0.338 e. The van der Waals surface area contributed by atoms with Gasteiger partial charge in [0.2, 0.25) is 0 Å². The van der Waals surface area contributed by atoms with E-state index in [2.05, 4.69) is 5.32 Å². The standard InChI is InChI=1S/C11H19NO4/c1-11(2,3)16-10(13)9-6-14-7-4-12-5-8(7)15-9/h7-9,12H,4-6H2,1-3H3. The molecule has 0 saturated carbocycles. The van der Waals surface area contributed by atoms with Crippen LogP contribution in [0.25, 0.3) is 0 Å². The van der Waals surface area contributed by atoms with Crippen molar-refractivity contribution in [2.45, 2.75) is 44.7 Å². The van der Waals surface area contributed by atoms with Gasteiger partial charge in [0.1, 0.15) is 5.60 Å². The molecule has 3 unspecified atom stereocenters. The minimum absolute atomic E-state index is 0.0220. The number of carbonyl (C=O) groups excluding carboxylic acids is 1. The SMILES string of the molecule is CC(C)(C)OC(=O)C1COC2CNCC2O1. The first-order valence-electron chi connectivity index (χ1n) is 5.66. The summed E-state index contributed by atoms with van der Waals surface area (Å²) in [4.78, 5) is 11.8. The topological polar surface area (TPSA) is 56.8 Å². The Labute approximate surface area is 95.4 Å². The van der Waals surface area contributed by atoms with Crippen molar-refractivity contribution in [2.75, 3.05) is 19.7 Å². The molecule has 0 aliphatic carbocycles. The highest BCUT2D eigenvalue weighted by molar-refractivity contribution is 5.75. The second-order valence-electron chi connectivity index (χ2n) is 5.23. The maximum atomic E-state index is 11.8. The Bertz CT molecular complexity index is 274. The van der Waals surface area contributed by atoms with Crippen LogP contribution in [0.15, 0.2) is 0 Å². The maximum absolute atomic E-state index is 11.8. The molecule has 0 aromatic carbocycles. The molecule has 2 aliphatic heterocycles. The summed E-state index contributed by atoms with van der Waals surface area (Å²) in [6.07, 6.45) is -0.523. The van der Waals surface area contributed by atoms with Crippen molar-refractivity contribution < 1.29 is 19.0 Å². The second-order valence-corrected chi connectivity index (χ2v) is 5.23. The Morgan fingerprint density at radius 3 is 2.69 bits per heavy atom. The molecule has 3 atom stereocenters. The van der Waals surface area contributed by atoms with Crippen molar-refractivity contribution in [3.05, 3.63) is 0 Å². The lowest BCUT2D eigenvalue weighted by atomic mass is 10.2. The molecular weight excluding hydrogens is 210 g/mol. The summed E-state index contributed by atoms with van der Waals surface area (Å²) >= 11 is 0. The number of nitrogens with one attached hydrogen (secondary N) is 1. The first-order chi connectivity index (χ1) is 7.46. The number of fused-ring (bicyclic) bond motifs is 1. The molecule has 5 heteroatoms. The van der Waals surface area contributed by atoms with Gasteiger partial charge in [-0.3, -0.25) is 0 Å². The monoisotopic (exact) mass is 229 g/mol. The fraction of sp³-hybridized carbons (Fsp3) is 0.909. The fourth-order valence-corrected chi connectivity index (χ4v) is 1.89. The maximum Gasteiger partial charge on any atom is 0.338 e.